The summed E-state index contributed by atoms with van der Waals surface area (Å²) in [4.78, 5) is 13.8. The van der Waals surface area contributed by atoms with Crippen molar-refractivity contribution in [2.24, 2.45) is 0 Å². The van der Waals surface area contributed by atoms with E-state index < -0.39 is 47.6 Å². The van der Waals surface area contributed by atoms with Crippen molar-refractivity contribution < 1.29 is 36.6 Å². The first-order valence-corrected chi connectivity index (χ1v) is 4.81. The SMILES string of the molecule is COc1ncc(C(F)(F)F)c(C(F)F)c1CC(=O)O. The topological polar surface area (TPSA) is 59.4 Å². The zero-order valence-electron chi connectivity index (χ0n) is 9.46. The van der Waals surface area contributed by atoms with Crippen molar-refractivity contribution in [3.8, 4) is 5.88 Å². The van der Waals surface area contributed by atoms with Gasteiger partial charge in [-0.3, -0.25) is 4.79 Å². The number of ether oxygens (including phenoxy) is 1. The highest BCUT2D eigenvalue weighted by atomic mass is 19.4. The first-order chi connectivity index (χ1) is 8.68. The number of hydrogen-bond donors (Lipinski definition) is 1. The Bertz CT molecular complexity index is 487. The van der Waals surface area contributed by atoms with Gasteiger partial charge < -0.3 is 9.84 Å². The van der Waals surface area contributed by atoms with E-state index in [1.54, 1.807) is 0 Å². The molecular formula is C10H8F5NO3. The molecule has 19 heavy (non-hydrogen) atoms. The maximum atomic E-state index is 12.8. The standard InChI is InChI=1S/C10H8F5NO3/c1-19-9-4(2-6(17)18)7(8(11)12)5(3-16-9)10(13,14)15/h3,8H,2H2,1H3,(H,17,18). The van der Waals surface area contributed by atoms with Crippen molar-refractivity contribution in [1.29, 1.82) is 0 Å². The fourth-order valence-corrected chi connectivity index (χ4v) is 1.52. The van der Waals surface area contributed by atoms with Crippen molar-refractivity contribution in [3.63, 3.8) is 0 Å². The zero-order chi connectivity index (χ0) is 14.8. The van der Waals surface area contributed by atoms with Crippen LogP contribution in [0.5, 0.6) is 5.88 Å². The highest BCUT2D eigenvalue weighted by Crippen LogP contribution is 2.40. The maximum absolute atomic E-state index is 12.8. The number of rotatable bonds is 4. The molecule has 0 fully saturated rings. The van der Waals surface area contributed by atoms with Crippen LogP contribution < -0.4 is 4.74 Å². The van der Waals surface area contributed by atoms with Gasteiger partial charge in [0, 0.05) is 17.3 Å². The summed E-state index contributed by atoms with van der Waals surface area (Å²) in [6.45, 7) is 0. The van der Waals surface area contributed by atoms with Crippen LogP contribution in [0.4, 0.5) is 22.0 Å². The minimum atomic E-state index is -5.06. The van der Waals surface area contributed by atoms with Crippen molar-refractivity contribution in [1.82, 2.24) is 4.98 Å². The van der Waals surface area contributed by atoms with Crippen LogP contribution in [-0.2, 0) is 17.4 Å². The predicted molar refractivity (Wildman–Crippen MR) is 52.1 cm³/mol. The lowest BCUT2D eigenvalue weighted by atomic mass is 10.0. The smallest absolute Gasteiger partial charge is 0.418 e. The number of methoxy groups -OCH3 is 1. The van der Waals surface area contributed by atoms with Gasteiger partial charge in [0.25, 0.3) is 6.43 Å². The largest absolute Gasteiger partial charge is 0.481 e. The Hall–Kier alpha value is -1.93. The molecule has 1 N–H and O–H groups in total. The van der Waals surface area contributed by atoms with Gasteiger partial charge in [-0.15, -0.1) is 0 Å². The molecule has 0 bridgehead atoms. The number of hydrogen-bond acceptors (Lipinski definition) is 3. The second kappa shape index (κ2) is 5.37. The highest BCUT2D eigenvalue weighted by molar-refractivity contribution is 5.72. The molecule has 0 aliphatic heterocycles. The molecule has 0 radical (unpaired) electrons. The molecule has 0 spiro atoms. The van der Waals surface area contributed by atoms with Gasteiger partial charge in [-0.25, -0.2) is 13.8 Å². The third kappa shape index (κ3) is 3.30. The van der Waals surface area contributed by atoms with E-state index in [0.717, 1.165) is 7.11 Å². The summed E-state index contributed by atoms with van der Waals surface area (Å²) in [5, 5.41) is 8.58. The van der Waals surface area contributed by atoms with Crippen LogP contribution in [0.1, 0.15) is 23.1 Å². The van der Waals surface area contributed by atoms with E-state index in [2.05, 4.69) is 9.72 Å². The van der Waals surface area contributed by atoms with Gasteiger partial charge in [0.2, 0.25) is 5.88 Å². The molecule has 9 heteroatoms. The lowest BCUT2D eigenvalue weighted by Crippen LogP contribution is -2.16. The lowest BCUT2D eigenvalue weighted by Gasteiger charge is -2.17. The average molecular weight is 285 g/mol. The minimum Gasteiger partial charge on any atom is -0.481 e. The minimum absolute atomic E-state index is 0.200. The van der Waals surface area contributed by atoms with Crippen molar-refractivity contribution in [2.75, 3.05) is 7.11 Å². The van der Waals surface area contributed by atoms with Crippen LogP contribution in [0.25, 0.3) is 0 Å². The van der Waals surface area contributed by atoms with Crippen LogP contribution >= 0.6 is 0 Å². The van der Waals surface area contributed by atoms with E-state index in [1.807, 2.05) is 0 Å². The second-order valence-corrected chi connectivity index (χ2v) is 3.44. The summed E-state index contributed by atoms with van der Waals surface area (Å²) in [6, 6.07) is 0. The van der Waals surface area contributed by atoms with E-state index in [1.165, 1.54) is 0 Å². The third-order valence-corrected chi connectivity index (χ3v) is 2.23. The molecule has 1 aromatic rings. The van der Waals surface area contributed by atoms with Gasteiger partial charge in [0.1, 0.15) is 0 Å². The second-order valence-electron chi connectivity index (χ2n) is 3.44. The summed E-state index contributed by atoms with van der Waals surface area (Å²) < 4.78 is 67.9. The van der Waals surface area contributed by atoms with Gasteiger partial charge >= 0.3 is 12.1 Å². The van der Waals surface area contributed by atoms with Gasteiger partial charge in [-0.1, -0.05) is 0 Å². The van der Waals surface area contributed by atoms with E-state index in [0.29, 0.717) is 0 Å². The Kier molecular flexibility index (Phi) is 4.28. The molecule has 0 aromatic carbocycles. The van der Waals surface area contributed by atoms with Crippen molar-refractivity contribution in [3.05, 3.63) is 22.9 Å². The molecule has 0 atom stereocenters. The van der Waals surface area contributed by atoms with E-state index in [9.17, 15) is 26.7 Å². The molecule has 0 aliphatic carbocycles. The van der Waals surface area contributed by atoms with Crippen LogP contribution in [0.3, 0.4) is 0 Å². The molecule has 0 saturated heterocycles. The molecule has 0 aliphatic rings. The monoisotopic (exact) mass is 285 g/mol. The van der Waals surface area contributed by atoms with Crippen LogP contribution in [-0.4, -0.2) is 23.2 Å². The summed E-state index contributed by atoms with van der Waals surface area (Å²) in [5.41, 5.74) is -3.86. The summed E-state index contributed by atoms with van der Waals surface area (Å²) in [7, 11) is 0.996. The summed E-state index contributed by atoms with van der Waals surface area (Å²) in [5.74, 6) is -2.13. The van der Waals surface area contributed by atoms with Crippen molar-refractivity contribution in [2.45, 2.75) is 19.0 Å². The molecule has 0 amide bonds. The molecule has 1 heterocycles. The van der Waals surface area contributed by atoms with Gasteiger partial charge in [0.05, 0.1) is 19.1 Å². The normalized spacial score (nSPS) is 11.7. The molecule has 4 nitrogen and oxygen atoms in total. The van der Waals surface area contributed by atoms with Crippen LogP contribution in [0, 0.1) is 0 Å². The quantitative estimate of drug-likeness (QED) is 0.864. The summed E-state index contributed by atoms with van der Waals surface area (Å²) >= 11 is 0. The Labute approximate surface area is 103 Å². The maximum Gasteiger partial charge on any atom is 0.418 e. The average Bonchev–Trinajstić information content (AvgIpc) is 2.25. The Balaban J connectivity index is 3.58. The van der Waals surface area contributed by atoms with Gasteiger partial charge in [-0.2, -0.15) is 13.2 Å². The van der Waals surface area contributed by atoms with Crippen LogP contribution in [0.15, 0.2) is 6.20 Å². The highest BCUT2D eigenvalue weighted by Gasteiger charge is 2.39. The third-order valence-electron chi connectivity index (χ3n) is 2.23. The number of pyridine rings is 1. The molecule has 0 unspecified atom stereocenters. The number of carboxylic acids is 1. The number of halogens is 5. The van der Waals surface area contributed by atoms with E-state index in [4.69, 9.17) is 5.11 Å². The number of aliphatic carboxylic acids is 1. The Morgan fingerprint density at radius 1 is 1.47 bits per heavy atom. The Morgan fingerprint density at radius 3 is 2.42 bits per heavy atom. The molecular weight excluding hydrogens is 277 g/mol. The fraction of sp³-hybridized carbons (Fsp3) is 0.400. The number of carboxylic acid groups (broad SMARTS) is 1. The van der Waals surface area contributed by atoms with E-state index in [-0.39, 0.29) is 6.20 Å². The molecule has 0 saturated carbocycles. The zero-order valence-corrected chi connectivity index (χ0v) is 9.46. The molecule has 1 aromatic heterocycles. The van der Waals surface area contributed by atoms with E-state index >= 15 is 0 Å². The Morgan fingerprint density at radius 2 is 2.05 bits per heavy atom. The van der Waals surface area contributed by atoms with Gasteiger partial charge in [0.15, 0.2) is 0 Å². The lowest BCUT2D eigenvalue weighted by molar-refractivity contribution is -0.140. The van der Waals surface area contributed by atoms with Crippen molar-refractivity contribution >= 4 is 5.97 Å². The first-order valence-electron chi connectivity index (χ1n) is 4.81. The predicted octanol–water partition coefficient (Wildman–Crippen LogP) is 2.67. The number of aromatic nitrogens is 1. The number of nitrogens with zero attached hydrogens (tertiary/aromatic N) is 1. The van der Waals surface area contributed by atoms with Crippen LogP contribution in [0.2, 0.25) is 0 Å². The molecule has 1 rings (SSSR count). The summed E-state index contributed by atoms with van der Waals surface area (Å²) in [6.07, 6.45) is -9.40. The molecule has 106 valence electrons. The number of alkyl halides is 5. The fourth-order valence-electron chi connectivity index (χ4n) is 1.52. The van der Waals surface area contributed by atoms with Gasteiger partial charge in [-0.05, 0) is 0 Å². The first kappa shape index (κ1) is 15.1. The number of carbonyl (C=O) groups is 1.